The minimum absolute atomic E-state index is 0.0666. The third-order valence-corrected chi connectivity index (χ3v) is 6.57. The van der Waals surface area contributed by atoms with Gasteiger partial charge in [0.25, 0.3) is 14.5 Å². The van der Waals surface area contributed by atoms with E-state index in [9.17, 15) is 8.42 Å². The number of thioether (sulfide) groups is 1. The first kappa shape index (κ1) is 19.7. The summed E-state index contributed by atoms with van der Waals surface area (Å²) < 4.78 is 33.1. The van der Waals surface area contributed by atoms with E-state index in [1.165, 1.54) is 27.7 Å². The number of aryl methyl sites for hydroxylation is 1. The predicted molar refractivity (Wildman–Crippen MR) is 104 cm³/mol. The lowest BCUT2D eigenvalue weighted by molar-refractivity contribution is -0.691. The summed E-state index contributed by atoms with van der Waals surface area (Å²) >= 11 is 3.59. The Morgan fingerprint density at radius 3 is 2.12 bits per heavy atom. The van der Waals surface area contributed by atoms with Crippen LogP contribution in [0.5, 0.6) is 0 Å². The first-order valence-electron chi connectivity index (χ1n) is 7.44. The second-order valence-electron chi connectivity index (χ2n) is 5.30. The molecule has 3 aromatic rings. The maximum atomic E-state index is 10.5. The second-order valence-corrected chi connectivity index (χ2v) is 8.64. The van der Waals surface area contributed by atoms with Gasteiger partial charge in [0.1, 0.15) is 7.05 Å². The number of nitrogens with zero attached hydrogens (tertiary/aromatic N) is 1. The van der Waals surface area contributed by atoms with Crippen LogP contribution in [0.4, 0.5) is 0 Å². The summed E-state index contributed by atoms with van der Waals surface area (Å²) in [5, 5.41) is 2.21. The molecule has 0 saturated heterocycles. The summed E-state index contributed by atoms with van der Waals surface area (Å²) in [6, 6.07) is 16.5. The van der Waals surface area contributed by atoms with Gasteiger partial charge >= 0.3 is 0 Å². The van der Waals surface area contributed by atoms with Gasteiger partial charge in [-0.1, -0.05) is 47.2 Å². The van der Waals surface area contributed by atoms with Crippen molar-refractivity contribution in [2.75, 3.05) is 6.26 Å². The molecule has 0 aliphatic carbocycles. The number of benzene rings is 2. The van der Waals surface area contributed by atoms with Crippen molar-refractivity contribution in [2.45, 2.75) is 16.2 Å². The van der Waals surface area contributed by atoms with Gasteiger partial charge in [0.05, 0.1) is 10.3 Å². The van der Waals surface area contributed by atoms with E-state index < -0.39 is 10.1 Å². The van der Waals surface area contributed by atoms with Gasteiger partial charge in [-0.2, -0.15) is 13.0 Å². The normalized spacial score (nSPS) is 10.9. The summed E-state index contributed by atoms with van der Waals surface area (Å²) in [6.07, 6.45) is 2.11. The molecule has 0 unspecified atom stereocenters. The van der Waals surface area contributed by atoms with Crippen molar-refractivity contribution >= 4 is 33.2 Å². The standard InChI is InChI=1S/C11H12NS2.C7H8O3S/c1-12-10(8-14-11(12)13-2)9-6-4-3-5-7-9;1-6-2-4-7(5-3-6)11(8,9)10/h3-8H,1-2H3;2-5H,1H3,(H,8,9,10)/q+1;. The summed E-state index contributed by atoms with van der Waals surface area (Å²) in [6.45, 7) is 1.84. The summed E-state index contributed by atoms with van der Waals surface area (Å²) in [4.78, 5) is -0.0666. The largest absolute Gasteiger partial charge is 0.297 e. The third-order valence-electron chi connectivity index (χ3n) is 3.47. The maximum Gasteiger partial charge on any atom is 0.297 e. The number of rotatable bonds is 3. The van der Waals surface area contributed by atoms with Gasteiger partial charge < -0.3 is 0 Å². The van der Waals surface area contributed by atoms with Gasteiger partial charge in [-0.25, -0.2) is 0 Å². The van der Waals surface area contributed by atoms with Crippen molar-refractivity contribution < 1.29 is 17.5 Å². The van der Waals surface area contributed by atoms with Crippen LogP contribution in [0.1, 0.15) is 5.56 Å². The second kappa shape index (κ2) is 8.62. The van der Waals surface area contributed by atoms with Crippen LogP contribution >= 0.6 is 23.1 Å². The fourth-order valence-electron chi connectivity index (χ4n) is 2.13. The van der Waals surface area contributed by atoms with Crippen molar-refractivity contribution in [2.24, 2.45) is 7.05 Å². The average Bonchev–Trinajstić information content (AvgIpc) is 2.96. The van der Waals surface area contributed by atoms with Crippen molar-refractivity contribution in [1.82, 2.24) is 0 Å². The highest BCUT2D eigenvalue weighted by molar-refractivity contribution is 8.00. The molecule has 0 amide bonds. The predicted octanol–water partition coefficient (Wildman–Crippen LogP) is 4.20. The highest BCUT2D eigenvalue weighted by Gasteiger charge is 2.16. The number of thiazole rings is 1. The number of hydrogen-bond acceptors (Lipinski definition) is 4. The zero-order valence-electron chi connectivity index (χ0n) is 14.2. The van der Waals surface area contributed by atoms with E-state index in [-0.39, 0.29) is 4.90 Å². The molecule has 0 saturated carbocycles. The molecule has 7 heteroatoms. The Kier molecular flexibility index (Phi) is 6.78. The van der Waals surface area contributed by atoms with Crippen molar-refractivity contribution in [3.05, 3.63) is 65.5 Å². The monoisotopic (exact) mass is 394 g/mol. The highest BCUT2D eigenvalue weighted by atomic mass is 32.2. The minimum atomic E-state index is -4.02. The molecule has 0 radical (unpaired) electrons. The van der Waals surface area contributed by atoms with Crippen LogP contribution in [0.2, 0.25) is 0 Å². The van der Waals surface area contributed by atoms with Gasteiger partial charge in [-0.05, 0) is 49.2 Å². The molecule has 25 heavy (non-hydrogen) atoms. The Balaban J connectivity index is 0.000000186. The molecular formula is C18H20NO3S3+. The molecule has 0 aliphatic rings. The lowest BCUT2D eigenvalue weighted by Gasteiger charge is -1.95. The topological polar surface area (TPSA) is 58.2 Å². The third kappa shape index (κ3) is 5.40. The highest BCUT2D eigenvalue weighted by Crippen LogP contribution is 2.24. The molecule has 0 bridgehead atoms. The zero-order chi connectivity index (χ0) is 18.4. The van der Waals surface area contributed by atoms with Gasteiger partial charge in [0.2, 0.25) is 5.69 Å². The lowest BCUT2D eigenvalue weighted by atomic mass is 10.2. The molecule has 4 nitrogen and oxygen atoms in total. The fraction of sp³-hybridized carbons (Fsp3) is 0.167. The number of aromatic nitrogens is 1. The van der Waals surface area contributed by atoms with Crippen LogP contribution < -0.4 is 4.57 Å². The van der Waals surface area contributed by atoms with E-state index in [4.69, 9.17) is 4.55 Å². The first-order valence-corrected chi connectivity index (χ1v) is 11.0. The van der Waals surface area contributed by atoms with Gasteiger partial charge in [-0.3, -0.25) is 4.55 Å². The quantitative estimate of drug-likeness (QED) is 0.411. The number of hydrogen-bond donors (Lipinski definition) is 1. The van der Waals surface area contributed by atoms with Crippen LogP contribution in [0, 0.1) is 6.92 Å². The van der Waals surface area contributed by atoms with Gasteiger partial charge in [0.15, 0.2) is 0 Å². The maximum absolute atomic E-state index is 10.5. The van der Waals surface area contributed by atoms with Crippen LogP contribution in [0.3, 0.4) is 0 Å². The fourth-order valence-corrected chi connectivity index (χ4v) is 4.27. The smallest absolute Gasteiger partial charge is 0.282 e. The Hall–Kier alpha value is -1.67. The van der Waals surface area contributed by atoms with Crippen molar-refractivity contribution in [3.63, 3.8) is 0 Å². The van der Waals surface area contributed by atoms with Crippen LogP contribution in [0.15, 0.2) is 69.2 Å². The Morgan fingerprint density at radius 1 is 1.04 bits per heavy atom. The van der Waals surface area contributed by atoms with E-state index >= 15 is 0 Å². The SMILES string of the molecule is CSc1scc(-c2ccccc2)[n+]1C.Cc1ccc(S(=O)(=O)O)cc1. The van der Waals surface area contributed by atoms with Crippen LogP contribution in [-0.2, 0) is 17.2 Å². The van der Waals surface area contributed by atoms with E-state index in [1.807, 2.05) is 13.0 Å². The molecule has 0 aliphatic heterocycles. The Morgan fingerprint density at radius 2 is 1.64 bits per heavy atom. The molecule has 0 fully saturated rings. The molecule has 1 heterocycles. The molecule has 1 N–H and O–H groups in total. The van der Waals surface area contributed by atoms with E-state index in [1.54, 1.807) is 35.2 Å². The molecule has 132 valence electrons. The van der Waals surface area contributed by atoms with Crippen molar-refractivity contribution in [1.29, 1.82) is 0 Å². The Bertz CT molecular complexity index is 918. The molecule has 1 aromatic heterocycles. The van der Waals surface area contributed by atoms with E-state index in [0.717, 1.165) is 5.56 Å². The van der Waals surface area contributed by atoms with E-state index in [0.29, 0.717) is 0 Å². The van der Waals surface area contributed by atoms with E-state index in [2.05, 4.69) is 47.5 Å². The molecule has 3 rings (SSSR count). The lowest BCUT2D eigenvalue weighted by Crippen LogP contribution is -2.30. The summed E-state index contributed by atoms with van der Waals surface area (Å²) in [5.41, 5.74) is 3.53. The molecule has 0 spiro atoms. The van der Waals surface area contributed by atoms with Crippen LogP contribution in [-0.4, -0.2) is 19.2 Å². The first-order chi connectivity index (χ1) is 11.8. The molecule has 0 atom stereocenters. The summed E-state index contributed by atoms with van der Waals surface area (Å²) in [7, 11) is -1.90. The minimum Gasteiger partial charge on any atom is -0.282 e. The summed E-state index contributed by atoms with van der Waals surface area (Å²) in [5.74, 6) is 0. The van der Waals surface area contributed by atoms with Crippen molar-refractivity contribution in [3.8, 4) is 11.3 Å². The average molecular weight is 395 g/mol. The van der Waals surface area contributed by atoms with Crippen LogP contribution in [0.25, 0.3) is 11.3 Å². The Labute approximate surface area is 156 Å². The molecule has 2 aromatic carbocycles. The molecular weight excluding hydrogens is 374 g/mol. The zero-order valence-corrected chi connectivity index (χ0v) is 16.7. The van der Waals surface area contributed by atoms with Gasteiger partial charge in [0, 0.05) is 5.56 Å². The van der Waals surface area contributed by atoms with Gasteiger partial charge in [-0.15, -0.1) is 0 Å².